The predicted octanol–water partition coefficient (Wildman–Crippen LogP) is 1.95. The molecule has 1 amide bonds. The minimum atomic E-state index is -0.451. The van der Waals surface area contributed by atoms with Crippen molar-refractivity contribution < 1.29 is 9.18 Å². The first-order valence-corrected chi connectivity index (χ1v) is 5.14. The lowest BCUT2D eigenvalue weighted by Crippen LogP contribution is -2.21. The number of amides is 1. The molecule has 0 aliphatic carbocycles. The number of hydrogen-bond donors (Lipinski definition) is 2. The second-order valence-electron chi connectivity index (χ2n) is 3.41. The van der Waals surface area contributed by atoms with E-state index in [1.807, 2.05) is 6.92 Å². The van der Waals surface area contributed by atoms with Crippen molar-refractivity contribution in [1.82, 2.24) is 5.32 Å². The van der Waals surface area contributed by atoms with Crippen LogP contribution in [-0.4, -0.2) is 12.5 Å². The highest BCUT2D eigenvalue weighted by atomic mass is 19.1. The van der Waals surface area contributed by atoms with Crippen LogP contribution in [0.15, 0.2) is 24.3 Å². The van der Waals surface area contributed by atoms with Gasteiger partial charge in [-0.2, -0.15) is 0 Å². The van der Waals surface area contributed by atoms with E-state index in [9.17, 15) is 9.18 Å². The maximum atomic E-state index is 12.8. The summed E-state index contributed by atoms with van der Waals surface area (Å²) < 4.78 is 12.8. The van der Waals surface area contributed by atoms with Gasteiger partial charge >= 0.3 is 0 Å². The van der Waals surface area contributed by atoms with E-state index in [1.54, 1.807) is 12.1 Å². The zero-order valence-corrected chi connectivity index (χ0v) is 9.16. The van der Waals surface area contributed by atoms with E-state index in [0.29, 0.717) is 12.1 Å². The van der Waals surface area contributed by atoms with Gasteiger partial charge in [0.05, 0.1) is 5.69 Å². The SMILES string of the molecule is CCCNC(=O)C=Cc1ccc(F)c(N)c1. The molecule has 0 aromatic heterocycles. The van der Waals surface area contributed by atoms with E-state index in [2.05, 4.69) is 5.32 Å². The van der Waals surface area contributed by atoms with Gasteiger partial charge in [0.15, 0.2) is 0 Å². The van der Waals surface area contributed by atoms with E-state index >= 15 is 0 Å². The largest absolute Gasteiger partial charge is 0.396 e. The number of nitrogens with one attached hydrogen (secondary N) is 1. The van der Waals surface area contributed by atoms with Crippen LogP contribution in [0.1, 0.15) is 18.9 Å². The van der Waals surface area contributed by atoms with Crippen LogP contribution in [0.25, 0.3) is 6.08 Å². The van der Waals surface area contributed by atoms with Crippen molar-refractivity contribution in [2.75, 3.05) is 12.3 Å². The fraction of sp³-hybridized carbons (Fsp3) is 0.250. The molecular weight excluding hydrogens is 207 g/mol. The Balaban J connectivity index is 2.62. The van der Waals surface area contributed by atoms with E-state index in [0.717, 1.165) is 6.42 Å². The molecule has 0 aliphatic rings. The van der Waals surface area contributed by atoms with Crippen LogP contribution >= 0.6 is 0 Å². The molecule has 86 valence electrons. The number of anilines is 1. The fourth-order valence-electron chi connectivity index (χ4n) is 1.14. The van der Waals surface area contributed by atoms with Crippen LogP contribution in [0.3, 0.4) is 0 Å². The molecule has 0 fully saturated rings. The molecule has 1 aromatic rings. The summed E-state index contributed by atoms with van der Waals surface area (Å²) in [5.74, 6) is -0.614. The quantitative estimate of drug-likeness (QED) is 0.604. The van der Waals surface area contributed by atoms with Crippen LogP contribution in [0.5, 0.6) is 0 Å². The number of nitrogen functional groups attached to an aromatic ring is 1. The Labute approximate surface area is 94.1 Å². The summed E-state index contributed by atoms with van der Waals surface area (Å²) >= 11 is 0. The van der Waals surface area contributed by atoms with Gasteiger partial charge < -0.3 is 11.1 Å². The van der Waals surface area contributed by atoms with Gasteiger partial charge in [0.1, 0.15) is 5.82 Å². The van der Waals surface area contributed by atoms with Gasteiger partial charge in [0.2, 0.25) is 5.91 Å². The van der Waals surface area contributed by atoms with E-state index in [4.69, 9.17) is 5.73 Å². The molecule has 16 heavy (non-hydrogen) atoms. The Morgan fingerprint density at radius 1 is 1.56 bits per heavy atom. The summed E-state index contributed by atoms with van der Waals surface area (Å²) in [6, 6.07) is 4.33. The highest BCUT2D eigenvalue weighted by molar-refractivity contribution is 5.91. The average Bonchev–Trinajstić information content (AvgIpc) is 2.28. The number of carbonyl (C=O) groups excluding carboxylic acids is 1. The molecule has 0 saturated heterocycles. The highest BCUT2D eigenvalue weighted by Crippen LogP contribution is 2.13. The molecular formula is C12H15FN2O. The van der Waals surface area contributed by atoms with Crippen molar-refractivity contribution >= 4 is 17.7 Å². The highest BCUT2D eigenvalue weighted by Gasteiger charge is 1.98. The Morgan fingerprint density at radius 3 is 2.94 bits per heavy atom. The lowest BCUT2D eigenvalue weighted by molar-refractivity contribution is -0.116. The van der Waals surface area contributed by atoms with E-state index in [-0.39, 0.29) is 11.6 Å². The minimum Gasteiger partial charge on any atom is -0.396 e. The van der Waals surface area contributed by atoms with Crippen molar-refractivity contribution in [1.29, 1.82) is 0 Å². The second kappa shape index (κ2) is 5.90. The van der Waals surface area contributed by atoms with Crippen LogP contribution in [-0.2, 0) is 4.79 Å². The van der Waals surface area contributed by atoms with Gasteiger partial charge in [-0.15, -0.1) is 0 Å². The normalized spacial score (nSPS) is 10.6. The first-order chi connectivity index (χ1) is 7.63. The number of halogens is 1. The molecule has 0 bridgehead atoms. The fourth-order valence-corrected chi connectivity index (χ4v) is 1.14. The molecule has 3 nitrogen and oxygen atoms in total. The van der Waals surface area contributed by atoms with Crippen LogP contribution in [0.4, 0.5) is 10.1 Å². The monoisotopic (exact) mass is 222 g/mol. The van der Waals surface area contributed by atoms with Crippen LogP contribution < -0.4 is 11.1 Å². The molecule has 0 saturated carbocycles. The maximum absolute atomic E-state index is 12.8. The number of benzene rings is 1. The molecule has 0 radical (unpaired) electrons. The third-order valence-electron chi connectivity index (χ3n) is 2.00. The second-order valence-corrected chi connectivity index (χ2v) is 3.41. The molecule has 0 heterocycles. The number of rotatable bonds is 4. The van der Waals surface area contributed by atoms with Crippen LogP contribution in [0, 0.1) is 5.82 Å². The number of carbonyl (C=O) groups is 1. The molecule has 0 spiro atoms. The Morgan fingerprint density at radius 2 is 2.31 bits per heavy atom. The molecule has 1 rings (SSSR count). The van der Waals surface area contributed by atoms with Gasteiger partial charge in [-0.1, -0.05) is 13.0 Å². The van der Waals surface area contributed by atoms with Gasteiger partial charge in [-0.05, 0) is 30.2 Å². The molecule has 3 N–H and O–H groups in total. The van der Waals surface area contributed by atoms with Crippen molar-refractivity contribution in [3.05, 3.63) is 35.7 Å². The Kier molecular flexibility index (Phi) is 4.51. The van der Waals surface area contributed by atoms with Gasteiger partial charge in [0, 0.05) is 12.6 Å². The van der Waals surface area contributed by atoms with E-state index < -0.39 is 5.82 Å². The molecule has 1 aromatic carbocycles. The van der Waals surface area contributed by atoms with Crippen LogP contribution in [0.2, 0.25) is 0 Å². The average molecular weight is 222 g/mol. The van der Waals surface area contributed by atoms with Crippen molar-refractivity contribution in [3.63, 3.8) is 0 Å². The van der Waals surface area contributed by atoms with Crippen molar-refractivity contribution in [2.24, 2.45) is 0 Å². The summed E-state index contributed by atoms with van der Waals surface area (Å²) in [6.45, 7) is 2.62. The zero-order chi connectivity index (χ0) is 12.0. The summed E-state index contributed by atoms with van der Waals surface area (Å²) in [5.41, 5.74) is 6.18. The lowest BCUT2D eigenvalue weighted by Gasteiger charge is -1.99. The molecule has 0 atom stereocenters. The van der Waals surface area contributed by atoms with Gasteiger partial charge in [0.25, 0.3) is 0 Å². The summed E-state index contributed by atoms with van der Waals surface area (Å²) in [5, 5.41) is 2.70. The predicted molar refractivity (Wildman–Crippen MR) is 63.1 cm³/mol. The topological polar surface area (TPSA) is 55.1 Å². The first-order valence-electron chi connectivity index (χ1n) is 5.14. The van der Waals surface area contributed by atoms with Gasteiger partial charge in [-0.3, -0.25) is 4.79 Å². The number of nitrogens with two attached hydrogens (primary N) is 1. The van der Waals surface area contributed by atoms with Gasteiger partial charge in [-0.25, -0.2) is 4.39 Å². The molecule has 4 heteroatoms. The number of hydrogen-bond acceptors (Lipinski definition) is 2. The summed E-state index contributed by atoms with van der Waals surface area (Å²) in [6.07, 6.45) is 3.90. The molecule has 0 unspecified atom stereocenters. The Hall–Kier alpha value is -1.84. The third kappa shape index (κ3) is 3.73. The lowest BCUT2D eigenvalue weighted by atomic mass is 10.2. The minimum absolute atomic E-state index is 0.0797. The zero-order valence-electron chi connectivity index (χ0n) is 9.16. The van der Waals surface area contributed by atoms with E-state index in [1.165, 1.54) is 18.2 Å². The Bertz CT molecular complexity index is 402. The maximum Gasteiger partial charge on any atom is 0.243 e. The third-order valence-corrected chi connectivity index (χ3v) is 2.00. The first kappa shape index (κ1) is 12.2. The smallest absolute Gasteiger partial charge is 0.243 e. The standard InChI is InChI=1S/C12H15FN2O/c1-2-7-15-12(16)6-4-9-3-5-10(13)11(14)8-9/h3-6,8H,2,7,14H2,1H3,(H,15,16). The van der Waals surface area contributed by atoms with Crippen molar-refractivity contribution in [3.8, 4) is 0 Å². The summed E-state index contributed by atoms with van der Waals surface area (Å²) in [7, 11) is 0. The summed E-state index contributed by atoms with van der Waals surface area (Å²) in [4.78, 5) is 11.2. The van der Waals surface area contributed by atoms with Crippen molar-refractivity contribution in [2.45, 2.75) is 13.3 Å². The molecule has 0 aliphatic heterocycles.